The molecule has 0 unspecified atom stereocenters. The molecule has 1 saturated carbocycles. The van der Waals surface area contributed by atoms with Crippen molar-refractivity contribution in [1.29, 1.82) is 0 Å². The Bertz CT molecular complexity index is 934. The van der Waals surface area contributed by atoms with Crippen molar-refractivity contribution in [1.82, 2.24) is 14.9 Å². The van der Waals surface area contributed by atoms with Crippen molar-refractivity contribution in [2.45, 2.75) is 52.0 Å². The largest absolute Gasteiger partial charge is 0.349 e. The molecule has 4 rings (SSSR count). The van der Waals surface area contributed by atoms with Crippen LogP contribution in [0, 0.1) is 6.92 Å². The van der Waals surface area contributed by atoms with Crippen LogP contribution in [0.5, 0.6) is 0 Å². The van der Waals surface area contributed by atoms with Gasteiger partial charge in [-0.3, -0.25) is 9.36 Å². The van der Waals surface area contributed by atoms with Crippen LogP contribution < -0.4 is 5.32 Å². The summed E-state index contributed by atoms with van der Waals surface area (Å²) in [7, 11) is 0. The van der Waals surface area contributed by atoms with E-state index in [1.165, 1.54) is 18.4 Å². The zero-order valence-corrected chi connectivity index (χ0v) is 15.5. The van der Waals surface area contributed by atoms with Gasteiger partial charge in [-0.15, -0.1) is 0 Å². The van der Waals surface area contributed by atoms with E-state index in [1.807, 2.05) is 25.1 Å². The number of nitrogens with zero attached hydrogens (tertiary/aromatic N) is 2. The fourth-order valence-corrected chi connectivity index (χ4v) is 3.89. The lowest BCUT2D eigenvalue weighted by Gasteiger charge is -2.12. The van der Waals surface area contributed by atoms with E-state index in [1.54, 1.807) is 0 Å². The standard InChI is InChI=1S/C22H25N3O/c1-3-16-8-11-19(12-9-16)25-15(2)23-20-14-17(10-13-21(20)25)22(26)24-18-6-4-5-7-18/h8-14,18H,3-7H2,1-2H3,(H,24,26). The number of rotatable bonds is 4. The van der Waals surface area contributed by atoms with Crippen LogP contribution in [0.1, 0.15) is 54.4 Å². The summed E-state index contributed by atoms with van der Waals surface area (Å²) in [6.07, 6.45) is 5.64. The SMILES string of the molecule is CCc1ccc(-n2c(C)nc3cc(C(=O)NC4CCCC4)ccc32)cc1. The number of imidazole rings is 1. The number of benzene rings is 2. The van der Waals surface area contributed by atoms with Crippen LogP contribution in [0.25, 0.3) is 16.7 Å². The molecule has 1 amide bonds. The topological polar surface area (TPSA) is 46.9 Å². The molecule has 1 aliphatic carbocycles. The zero-order valence-electron chi connectivity index (χ0n) is 15.5. The third-order valence-electron chi connectivity index (χ3n) is 5.38. The normalized spacial score (nSPS) is 14.8. The van der Waals surface area contributed by atoms with E-state index < -0.39 is 0 Å². The Kier molecular flexibility index (Phi) is 4.49. The van der Waals surface area contributed by atoms with Crippen LogP contribution >= 0.6 is 0 Å². The van der Waals surface area contributed by atoms with Crippen LogP contribution in [0.2, 0.25) is 0 Å². The van der Waals surface area contributed by atoms with E-state index in [0.29, 0.717) is 11.6 Å². The van der Waals surface area contributed by atoms with Crippen molar-refractivity contribution in [3.63, 3.8) is 0 Å². The molecule has 4 heteroatoms. The highest BCUT2D eigenvalue weighted by molar-refractivity contribution is 5.97. The second-order valence-corrected chi connectivity index (χ2v) is 7.17. The average molecular weight is 347 g/mol. The smallest absolute Gasteiger partial charge is 0.251 e. The fraction of sp³-hybridized carbons (Fsp3) is 0.364. The van der Waals surface area contributed by atoms with Crippen LogP contribution in [0.15, 0.2) is 42.5 Å². The molecule has 26 heavy (non-hydrogen) atoms. The van der Waals surface area contributed by atoms with Crippen LogP contribution in [0.4, 0.5) is 0 Å². The molecule has 2 aromatic carbocycles. The second-order valence-electron chi connectivity index (χ2n) is 7.17. The molecule has 3 aromatic rings. The number of hydrogen-bond acceptors (Lipinski definition) is 2. The number of carbonyl (C=O) groups excluding carboxylic acids is 1. The van der Waals surface area contributed by atoms with Crippen LogP contribution in [-0.2, 0) is 6.42 Å². The van der Waals surface area contributed by atoms with Gasteiger partial charge in [-0.1, -0.05) is 31.9 Å². The zero-order chi connectivity index (χ0) is 18.1. The first-order chi connectivity index (χ1) is 12.7. The molecule has 0 spiro atoms. The summed E-state index contributed by atoms with van der Waals surface area (Å²) in [5.74, 6) is 0.941. The molecule has 1 N–H and O–H groups in total. The Morgan fingerprint density at radius 2 is 1.88 bits per heavy atom. The predicted octanol–water partition coefficient (Wildman–Crippen LogP) is 4.57. The van der Waals surface area contributed by atoms with E-state index in [2.05, 4.69) is 46.1 Å². The highest BCUT2D eigenvalue weighted by Crippen LogP contribution is 2.23. The van der Waals surface area contributed by atoms with E-state index in [9.17, 15) is 4.79 Å². The monoisotopic (exact) mass is 347 g/mol. The van der Waals surface area contributed by atoms with Crippen molar-refractivity contribution in [3.05, 3.63) is 59.4 Å². The van der Waals surface area contributed by atoms with Crippen molar-refractivity contribution < 1.29 is 4.79 Å². The highest BCUT2D eigenvalue weighted by atomic mass is 16.1. The number of fused-ring (bicyclic) bond motifs is 1. The summed E-state index contributed by atoms with van der Waals surface area (Å²) >= 11 is 0. The van der Waals surface area contributed by atoms with Crippen molar-refractivity contribution >= 4 is 16.9 Å². The Balaban J connectivity index is 1.66. The molecule has 0 aliphatic heterocycles. The Hall–Kier alpha value is -2.62. The summed E-state index contributed by atoms with van der Waals surface area (Å²) in [4.78, 5) is 17.2. The van der Waals surface area contributed by atoms with E-state index in [0.717, 1.165) is 41.8 Å². The number of nitrogens with one attached hydrogen (secondary N) is 1. The second kappa shape index (κ2) is 6.94. The molecule has 134 valence electrons. The molecule has 1 fully saturated rings. The van der Waals surface area contributed by atoms with Gasteiger partial charge in [0, 0.05) is 17.3 Å². The van der Waals surface area contributed by atoms with Crippen molar-refractivity contribution in [2.24, 2.45) is 0 Å². The summed E-state index contributed by atoms with van der Waals surface area (Å²) in [6, 6.07) is 14.7. The summed E-state index contributed by atoms with van der Waals surface area (Å²) in [6.45, 7) is 4.16. The minimum Gasteiger partial charge on any atom is -0.349 e. The van der Waals surface area contributed by atoms with Gasteiger partial charge in [0.15, 0.2) is 0 Å². The number of aromatic nitrogens is 2. The molecule has 1 aliphatic rings. The minimum absolute atomic E-state index is 0.0123. The molecule has 0 atom stereocenters. The lowest BCUT2D eigenvalue weighted by molar-refractivity contribution is 0.0938. The molecule has 0 radical (unpaired) electrons. The Labute approximate surface area is 154 Å². The minimum atomic E-state index is 0.0123. The first-order valence-electron chi connectivity index (χ1n) is 9.55. The summed E-state index contributed by atoms with van der Waals surface area (Å²) in [5, 5.41) is 3.15. The fourth-order valence-electron chi connectivity index (χ4n) is 3.89. The molecule has 0 bridgehead atoms. The molecule has 0 saturated heterocycles. The van der Waals surface area contributed by atoms with Gasteiger partial charge >= 0.3 is 0 Å². The molecular weight excluding hydrogens is 322 g/mol. The van der Waals surface area contributed by atoms with Crippen LogP contribution in [-0.4, -0.2) is 21.5 Å². The predicted molar refractivity (Wildman–Crippen MR) is 105 cm³/mol. The third kappa shape index (κ3) is 3.12. The molecule has 4 nitrogen and oxygen atoms in total. The molecular formula is C22H25N3O. The lowest BCUT2D eigenvalue weighted by atomic mass is 10.1. The lowest BCUT2D eigenvalue weighted by Crippen LogP contribution is -2.32. The average Bonchev–Trinajstić information content (AvgIpc) is 3.27. The van der Waals surface area contributed by atoms with E-state index in [-0.39, 0.29) is 5.91 Å². The van der Waals surface area contributed by atoms with Gasteiger partial charge in [-0.05, 0) is 62.1 Å². The van der Waals surface area contributed by atoms with Gasteiger partial charge in [-0.2, -0.15) is 0 Å². The summed E-state index contributed by atoms with van der Waals surface area (Å²) in [5.41, 5.74) is 5.01. The Morgan fingerprint density at radius 3 is 2.58 bits per heavy atom. The maximum Gasteiger partial charge on any atom is 0.251 e. The van der Waals surface area contributed by atoms with Crippen LogP contribution in [0.3, 0.4) is 0 Å². The van der Waals surface area contributed by atoms with Gasteiger partial charge in [0.1, 0.15) is 5.82 Å². The first-order valence-corrected chi connectivity index (χ1v) is 9.55. The maximum atomic E-state index is 12.5. The number of aryl methyl sites for hydroxylation is 2. The summed E-state index contributed by atoms with van der Waals surface area (Å²) < 4.78 is 2.15. The van der Waals surface area contributed by atoms with Gasteiger partial charge < -0.3 is 5.32 Å². The molecule has 1 heterocycles. The van der Waals surface area contributed by atoms with Gasteiger partial charge in [-0.25, -0.2) is 4.98 Å². The molecule has 1 aromatic heterocycles. The maximum absolute atomic E-state index is 12.5. The highest BCUT2D eigenvalue weighted by Gasteiger charge is 2.19. The van der Waals surface area contributed by atoms with E-state index in [4.69, 9.17) is 0 Å². The Morgan fingerprint density at radius 1 is 1.15 bits per heavy atom. The first kappa shape index (κ1) is 16.8. The van der Waals surface area contributed by atoms with Crippen molar-refractivity contribution in [2.75, 3.05) is 0 Å². The number of amides is 1. The quantitative estimate of drug-likeness (QED) is 0.751. The number of carbonyl (C=O) groups is 1. The van der Waals surface area contributed by atoms with Gasteiger partial charge in [0.25, 0.3) is 5.91 Å². The van der Waals surface area contributed by atoms with Gasteiger partial charge in [0.05, 0.1) is 11.0 Å². The van der Waals surface area contributed by atoms with Gasteiger partial charge in [0.2, 0.25) is 0 Å². The number of hydrogen-bond donors (Lipinski definition) is 1. The third-order valence-corrected chi connectivity index (χ3v) is 5.38. The van der Waals surface area contributed by atoms with Crippen molar-refractivity contribution in [3.8, 4) is 5.69 Å². The van der Waals surface area contributed by atoms with E-state index >= 15 is 0 Å².